The van der Waals surface area contributed by atoms with E-state index in [-0.39, 0.29) is 61.3 Å². The zero-order valence-corrected chi connectivity index (χ0v) is 52.3. The molecule has 0 amide bonds. The van der Waals surface area contributed by atoms with Crippen LogP contribution < -0.4 is 32.1 Å². The Hall–Kier alpha value is -14.1. The van der Waals surface area contributed by atoms with Gasteiger partial charge in [-0.25, -0.2) is 4.79 Å². The van der Waals surface area contributed by atoms with Crippen LogP contribution in [-0.2, 0) is 6.18 Å². The number of nitro groups is 1. The topological polar surface area (TPSA) is 353 Å². The van der Waals surface area contributed by atoms with Gasteiger partial charge in [0, 0.05) is 129 Å². The summed E-state index contributed by atoms with van der Waals surface area (Å²) in [5, 5.41) is 53.7. The molecule has 8 aromatic heterocycles. The Bertz CT molecular complexity index is 5730. The first kappa shape index (κ1) is 70.2. The van der Waals surface area contributed by atoms with E-state index in [9.17, 15) is 57.2 Å². The number of carbonyl (C=O) groups is 1. The number of benzene rings is 8. The maximum atomic E-state index is 12.4. The van der Waals surface area contributed by atoms with E-state index in [1.165, 1.54) is 36.5 Å². The normalized spacial score (nSPS) is 10.5. The molecule has 0 unspecified atom stereocenters. The van der Waals surface area contributed by atoms with Gasteiger partial charge in [-0.15, -0.1) is 0 Å². The molecule has 0 aliphatic heterocycles. The second-order valence-corrected chi connectivity index (χ2v) is 21.1. The van der Waals surface area contributed by atoms with Gasteiger partial charge in [-0.1, -0.05) is 66.7 Å². The molecule has 22 nitrogen and oxygen atoms in total. The first-order valence-corrected chi connectivity index (χ1v) is 29.8. The van der Waals surface area contributed by atoms with Crippen LogP contribution in [0.4, 0.5) is 18.9 Å². The average molecular weight is 1350 g/mol. The second kappa shape index (κ2) is 32.8. The number of alkyl halides is 3. The number of H-pyrrole nitrogens is 5. The van der Waals surface area contributed by atoms with Crippen molar-refractivity contribution in [2.75, 3.05) is 7.11 Å². The van der Waals surface area contributed by atoms with Crippen LogP contribution in [0.25, 0.3) is 87.1 Å². The van der Waals surface area contributed by atoms with E-state index in [0.29, 0.717) is 10.8 Å². The summed E-state index contributed by atoms with van der Waals surface area (Å²) < 4.78 is 42.4. The largest absolute Gasteiger partial charge is 0.508 e. The summed E-state index contributed by atoms with van der Waals surface area (Å²) in [6.07, 6.45) is 6.29. The number of non-ortho nitro benzene ring substituents is 1. The van der Waals surface area contributed by atoms with Crippen LogP contribution in [0.5, 0.6) is 23.0 Å². The van der Waals surface area contributed by atoms with Crippen molar-refractivity contribution in [3.8, 4) is 23.0 Å². The predicted octanol–water partition coefficient (Wildman–Crippen LogP) is 14.1. The molecule has 0 aliphatic carbocycles. The van der Waals surface area contributed by atoms with Crippen LogP contribution in [0.3, 0.4) is 0 Å². The number of aromatic carboxylic acids is 1. The summed E-state index contributed by atoms with van der Waals surface area (Å²) >= 11 is 0. The molecule has 0 aliphatic rings. The van der Waals surface area contributed by atoms with Gasteiger partial charge in [-0.05, 0) is 131 Å². The summed E-state index contributed by atoms with van der Waals surface area (Å²) in [4.78, 5) is 102. The Balaban J connectivity index is 0.000000134. The number of pyridine rings is 8. The third-order valence-corrected chi connectivity index (χ3v) is 14.5. The van der Waals surface area contributed by atoms with Crippen molar-refractivity contribution < 1.29 is 48.1 Å². The zero-order valence-electron chi connectivity index (χ0n) is 52.3. The third kappa shape index (κ3) is 18.6. The van der Waals surface area contributed by atoms with Gasteiger partial charge < -0.3 is 50.1 Å². The molecule has 0 radical (unpaired) electrons. The standard InChI is InChI=1S/C11H6F3NO3.C10H9NO2.C9H6N2O3.5C9H7NO/c12-11(13,14)5-1-2-6-8(3-5)15-4-7(9(6)16)10(17)18;1-13-7-2-3-8-9(6-7)11-5-4-10(8)12;12-8-4-3-7(11(13)14)6-2-1-5-10-9(6)8;11-8-3-4-9-7(6-8)2-1-5-10-9;11-8-4-3-7-2-1-5-10-9(7)6-8;11-9-5-7-3-1-2-4-8(7)6-10-9;11-9-5-6-10-8-4-2-1-3-7(8)9;11-9-6-5-7-3-1-2-4-8(7)10-9/h1-4H,(H,15,16)(H,17,18);2-6H,1H3,(H,11,12);1-5,12H;2*1-6,11H;3*1-6H,(H,10,11). The van der Waals surface area contributed by atoms with E-state index in [4.69, 9.17) is 20.1 Å². The molecule has 16 aromatic rings. The molecule has 100 heavy (non-hydrogen) atoms. The van der Waals surface area contributed by atoms with E-state index in [1.54, 1.807) is 105 Å². The van der Waals surface area contributed by atoms with Crippen molar-refractivity contribution in [2.45, 2.75) is 6.18 Å². The molecule has 16 rings (SSSR count). The number of nitro benzene ring substituents is 1. The van der Waals surface area contributed by atoms with Crippen LogP contribution >= 0.6 is 0 Å². The first-order chi connectivity index (χ1) is 48.1. The number of nitrogens with zero attached hydrogens (tertiary/aromatic N) is 4. The number of nitrogens with one attached hydrogen (secondary N) is 5. The fourth-order valence-corrected chi connectivity index (χ4v) is 9.58. The number of hydrogen-bond acceptors (Lipinski definition) is 15. The molecule has 9 N–H and O–H groups in total. The van der Waals surface area contributed by atoms with Crippen molar-refractivity contribution in [1.82, 2.24) is 39.9 Å². The lowest BCUT2D eigenvalue weighted by atomic mass is 10.1. The zero-order chi connectivity index (χ0) is 71.3. The van der Waals surface area contributed by atoms with Gasteiger partial charge in [0.1, 0.15) is 34.1 Å². The molecule has 25 heteroatoms. The van der Waals surface area contributed by atoms with Crippen LogP contribution in [0, 0.1) is 10.1 Å². The number of rotatable bonds is 3. The van der Waals surface area contributed by atoms with Crippen molar-refractivity contribution in [1.29, 1.82) is 0 Å². The van der Waals surface area contributed by atoms with Gasteiger partial charge in [0.15, 0.2) is 10.9 Å². The van der Waals surface area contributed by atoms with E-state index in [0.717, 1.165) is 90.0 Å². The number of aromatic hydroxyl groups is 3. The van der Waals surface area contributed by atoms with E-state index < -0.39 is 33.6 Å². The maximum absolute atomic E-state index is 12.4. The summed E-state index contributed by atoms with van der Waals surface area (Å²) in [5.41, 5.74) is 2.21. The molecule has 0 saturated carbocycles. The van der Waals surface area contributed by atoms with Gasteiger partial charge in [0.25, 0.3) is 5.69 Å². The van der Waals surface area contributed by atoms with Crippen molar-refractivity contribution in [3.05, 3.63) is 340 Å². The Morgan fingerprint density at radius 3 is 1.77 bits per heavy atom. The number of carboxylic acids is 1. The minimum Gasteiger partial charge on any atom is -0.508 e. The Labute approximate surface area is 561 Å². The van der Waals surface area contributed by atoms with Gasteiger partial charge in [-0.3, -0.25) is 49.0 Å². The van der Waals surface area contributed by atoms with Crippen LogP contribution in [0.2, 0.25) is 0 Å². The number of aromatic amines is 5. The van der Waals surface area contributed by atoms with Crippen LogP contribution in [-0.4, -0.2) is 78.3 Å². The fraction of sp³-hybridized carbons (Fsp3) is 0.0267. The molecule has 0 spiro atoms. The number of methoxy groups -OCH3 is 1. The lowest BCUT2D eigenvalue weighted by Gasteiger charge is -2.07. The van der Waals surface area contributed by atoms with E-state index >= 15 is 0 Å². The second-order valence-electron chi connectivity index (χ2n) is 21.1. The van der Waals surface area contributed by atoms with Gasteiger partial charge >= 0.3 is 12.1 Å². The highest BCUT2D eigenvalue weighted by molar-refractivity contribution is 5.93. The van der Waals surface area contributed by atoms with Gasteiger partial charge in [-0.2, -0.15) is 13.2 Å². The highest BCUT2D eigenvalue weighted by Crippen LogP contribution is 2.32. The van der Waals surface area contributed by atoms with Crippen LogP contribution in [0.15, 0.2) is 292 Å². The fourth-order valence-electron chi connectivity index (χ4n) is 9.58. The maximum Gasteiger partial charge on any atom is 0.416 e. The Morgan fingerprint density at radius 2 is 1.06 bits per heavy atom. The van der Waals surface area contributed by atoms with Crippen LogP contribution in [0.1, 0.15) is 15.9 Å². The molecule has 0 atom stereocenters. The van der Waals surface area contributed by atoms with E-state index in [1.807, 2.05) is 109 Å². The molecule has 8 aromatic carbocycles. The van der Waals surface area contributed by atoms with Gasteiger partial charge in [0.2, 0.25) is 16.5 Å². The average Bonchev–Trinajstić information content (AvgIpc) is 0.798. The summed E-state index contributed by atoms with van der Waals surface area (Å²) in [6.45, 7) is 0. The number of para-hydroxylation sites is 2. The minimum absolute atomic E-state index is 0.0244. The smallest absolute Gasteiger partial charge is 0.416 e. The first-order valence-electron chi connectivity index (χ1n) is 29.8. The van der Waals surface area contributed by atoms with Crippen molar-refractivity contribution in [3.63, 3.8) is 0 Å². The summed E-state index contributed by atoms with van der Waals surface area (Å²) in [5.74, 6) is -0.194. The van der Waals surface area contributed by atoms with E-state index in [2.05, 4.69) is 39.9 Å². The Morgan fingerprint density at radius 1 is 0.480 bits per heavy atom. The number of ether oxygens (including phenoxy) is 1. The number of phenols is 3. The monoisotopic (exact) mass is 1350 g/mol. The number of carboxylic acid groups (broad SMARTS) is 1. The molecule has 0 saturated heterocycles. The lowest BCUT2D eigenvalue weighted by Crippen LogP contribution is -2.15. The summed E-state index contributed by atoms with van der Waals surface area (Å²) in [6, 6.07) is 62.2. The number of fused-ring (bicyclic) bond motifs is 8. The highest BCUT2D eigenvalue weighted by Gasteiger charge is 2.31. The Kier molecular flexibility index (Phi) is 23.1. The number of hydrogen-bond donors (Lipinski definition) is 9. The molecular formula is C75H56F3N9O13. The van der Waals surface area contributed by atoms with Crippen molar-refractivity contribution >= 4 is 98.7 Å². The number of phenolic OH excluding ortho intramolecular Hbond substituents is 3. The summed E-state index contributed by atoms with van der Waals surface area (Å²) in [7, 11) is 1.60. The lowest BCUT2D eigenvalue weighted by molar-refractivity contribution is -0.383. The quantitative estimate of drug-likeness (QED) is 0.0586. The molecule has 0 bridgehead atoms. The van der Waals surface area contributed by atoms with Gasteiger partial charge in [0.05, 0.1) is 39.5 Å². The number of halogens is 3. The third-order valence-electron chi connectivity index (χ3n) is 14.5. The molecule has 8 heterocycles. The molecular weight excluding hydrogens is 1290 g/mol. The molecule has 500 valence electrons. The minimum atomic E-state index is -4.52. The highest BCUT2D eigenvalue weighted by atomic mass is 19.4. The SMILES string of the molecule is COc1ccc2c(=O)cc[nH]c2c1.O=C(O)c1c[nH]c2cc(C(F)(F)F)ccc2c1=O.O=[N+]([O-])c1ccc(O)c2ncccc12.O=c1cc2ccccc2c[nH]1.O=c1cc[nH]c2ccccc12.O=c1ccc2ccccc2[nH]1.Oc1ccc2cccnc2c1.Oc1ccc2ncccc2c1. The molecule has 0 fully saturated rings. The predicted molar refractivity (Wildman–Crippen MR) is 378 cm³/mol. The van der Waals surface area contributed by atoms with Crippen molar-refractivity contribution in [2.24, 2.45) is 0 Å². The number of aromatic nitrogens is 8.